The van der Waals surface area contributed by atoms with Crippen LogP contribution in [0.25, 0.3) is 5.57 Å². The Bertz CT molecular complexity index is 383. The SMILES string of the molecule is C=C/C(=C\NN)c1cc(Cl)ccc1CC. The van der Waals surface area contributed by atoms with Crippen molar-refractivity contribution in [2.24, 2.45) is 5.84 Å². The minimum atomic E-state index is 0.715. The van der Waals surface area contributed by atoms with Gasteiger partial charge in [0.15, 0.2) is 0 Å². The maximum Gasteiger partial charge on any atom is 0.0412 e. The summed E-state index contributed by atoms with van der Waals surface area (Å²) in [5.41, 5.74) is 5.74. The van der Waals surface area contributed by atoms with Gasteiger partial charge in [-0.1, -0.05) is 37.2 Å². The monoisotopic (exact) mass is 222 g/mol. The van der Waals surface area contributed by atoms with Crippen LogP contribution in [0.1, 0.15) is 18.1 Å². The van der Waals surface area contributed by atoms with Gasteiger partial charge < -0.3 is 5.43 Å². The smallest absolute Gasteiger partial charge is 0.0412 e. The second-order valence-corrected chi connectivity index (χ2v) is 3.56. The predicted octanol–water partition coefficient (Wildman–Crippen LogP) is 2.89. The number of hydrogen-bond donors (Lipinski definition) is 2. The van der Waals surface area contributed by atoms with Gasteiger partial charge in [-0.05, 0) is 35.3 Å². The van der Waals surface area contributed by atoms with Crippen LogP contribution in [0, 0.1) is 0 Å². The number of allylic oxidation sites excluding steroid dienone is 2. The van der Waals surface area contributed by atoms with Gasteiger partial charge >= 0.3 is 0 Å². The zero-order valence-corrected chi connectivity index (χ0v) is 9.51. The van der Waals surface area contributed by atoms with Gasteiger partial charge in [0.1, 0.15) is 0 Å². The van der Waals surface area contributed by atoms with Crippen LogP contribution in [0.4, 0.5) is 0 Å². The number of benzene rings is 1. The number of halogens is 1. The Balaban J connectivity index is 3.26. The molecule has 0 heterocycles. The molecule has 3 N–H and O–H groups in total. The van der Waals surface area contributed by atoms with Gasteiger partial charge in [0.2, 0.25) is 0 Å². The second-order valence-electron chi connectivity index (χ2n) is 3.13. The summed E-state index contributed by atoms with van der Waals surface area (Å²) >= 11 is 5.96. The molecule has 1 rings (SSSR count). The zero-order valence-electron chi connectivity index (χ0n) is 8.76. The van der Waals surface area contributed by atoms with E-state index in [0.29, 0.717) is 5.02 Å². The molecule has 0 aliphatic carbocycles. The minimum Gasteiger partial charge on any atom is -0.331 e. The lowest BCUT2D eigenvalue weighted by Crippen LogP contribution is -2.14. The number of hydrogen-bond acceptors (Lipinski definition) is 2. The average Bonchev–Trinajstić information content (AvgIpc) is 2.26. The molecule has 1 aromatic rings. The molecular formula is C12H15ClN2. The van der Waals surface area contributed by atoms with Crippen molar-refractivity contribution in [3.8, 4) is 0 Å². The first-order chi connectivity index (χ1) is 7.22. The largest absolute Gasteiger partial charge is 0.331 e. The third-order valence-electron chi connectivity index (χ3n) is 2.22. The summed E-state index contributed by atoms with van der Waals surface area (Å²) in [7, 11) is 0. The Kier molecular flexibility index (Phi) is 4.40. The van der Waals surface area contributed by atoms with Gasteiger partial charge in [-0.2, -0.15) is 0 Å². The normalized spacial score (nSPS) is 11.3. The second kappa shape index (κ2) is 5.59. The minimum absolute atomic E-state index is 0.715. The molecule has 0 aliphatic rings. The van der Waals surface area contributed by atoms with Crippen molar-refractivity contribution in [3.63, 3.8) is 0 Å². The van der Waals surface area contributed by atoms with Gasteiger partial charge in [-0.25, -0.2) is 0 Å². The Hall–Kier alpha value is -1.25. The first-order valence-corrected chi connectivity index (χ1v) is 5.18. The van der Waals surface area contributed by atoms with Gasteiger partial charge in [0.25, 0.3) is 0 Å². The fourth-order valence-electron chi connectivity index (χ4n) is 1.46. The van der Waals surface area contributed by atoms with E-state index in [0.717, 1.165) is 17.6 Å². The molecule has 0 aromatic heterocycles. The van der Waals surface area contributed by atoms with E-state index in [1.807, 2.05) is 18.2 Å². The van der Waals surface area contributed by atoms with Gasteiger partial charge in [0, 0.05) is 11.2 Å². The molecule has 2 nitrogen and oxygen atoms in total. The van der Waals surface area contributed by atoms with E-state index in [9.17, 15) is 0 Å². The van der Waals surface area contributed by atoms with E-state index in [2.05, 4.69) is 18.9 Å². The van der Waals surface area contributed by atoms with Crippen molar-refractivity contribution in [1.29, 1.82) is 0 Å². The van der Waals surface area contributed by atoms with E-state index < -0.39 is 0 Å². The van der Waals surface area contributed by atoms with Crippen LogP contribution in [0.15, 0.2) is 37.1 Å². The lowest BCUT2D eigenvalue weighted by molar-refractivity contribution is 0.970. The molecule has 1 aromatic carbocycles. The first-order valence-electron chi connectivity index (χ1n) is 4.80. The van der Waals surface area contributed by atoms with Gasteiger partial charge in [-0.15, -0.1) is 0 Å². The molecule has 0 amide bonds. The zero-order chi connectivity index (χ0) is 11.3. The molecule has 0 unspecified atom stereocenters. The highest BCUT2D eigenvalue weighted by molar-refractivity contribution is 6.30. The highest BCUT2D eigenvalue weighted by Crippen LogP contribution is 2.24. The number of nitrogens with two attached hydrogens (primary N) is 1. The summed E-state index contributed by atoms with van der Waals surface area (Å²) in [6, 6.07) is 5.83. The van der Waals surface area contributed by atoms with Crippen LogP contribution >= 0.6 is 11.6 Å². The van der Waals surface area contributed by atoms with Crippen LogP contribution in [0.3, 0.4) is 0 Å². The molecular weight excluding hydrogens is 208 g/mol. The fraction of sp³-hybridized carbons (Fsp3) is 0.167. The third-order valence-corrected chi connectivity index (χ3v) is 2.46. The van der Waals surface area contributed by atoms with Gasteiger partial charge in [-0.3, -0.25) is 5.84 Å². The van der Waals surface area contributed by atoms with E-state index in [4.69, 9.17) is 17.4 Å². The molecule has 0 fully saturated rings. The van der Waals surface area contributed by atoms with E-state index >= 15 is 0 Å². The highest BCUT2D eigenvalue weighted by Gasteiger charge is 2.04. The Morgan fingerprint density at radius 2 is 2.33 bits per heavy atom. The number of hydrazine groups is 1. The van der Waals surface area contributed by atoms with Crippen LogP contribution < -0.4 is 11.3 Å². The molecule has 0 saturated carbocycles. The van der Waals surface area contributed by atoms with Gasteiger partial charge in [0.05, 0.1) is 0 Å². The summed E-state index contributed by atoms with van der Waals surface area (Å²) in [5.74, 6) is 5.26. The topological polar surface area (TPSA) is 38.0 Å². The lowest BCUT2D eigenvalue weighted by atomic mass is 9.99. The maximum absolute atomic E-state index is 5.96. The fourth-order valence-corrected chi connectivity index (χ4v) is 1.63. The summed E-state index contributed by atoms with van der Waals surface area (Å²) in [5, 5.41) is 0.715. The summed E-state index contributed by atoms with van der Waals surface area (Å²) in [6.45, 7) is 5.85. The van der Waals surface area contributed by atoms with Crippen LogP contribution in [0.2, 0.25) is 5.02 Å². The average molecular weight is 223 g/mol. The molecule has 0 radical (unpaired) electrons. The molecule has 0 aliphatic heterocycles. The van der Waals surface area contributed by atoms with Crippen LogP contribution in [-0.2, 0) is 6.42 Å². The Morgan fingerprint density at radius 3 is 2.87 bits per heavy atom. The highest BCUT2D eigenvalue weighted by atomic mass is 35.5. The molecule has 80 valence electrons. The van der Waals surface area contributed by atoms with Crippen molar-refractivity contribution >= 4 is 17.2 Å². The number of rotatable bonds is 4. The van der Waals surface area contributed by atoms with Crippen molar-refractivity contribution in [1.82, 2.24) is 5.43 Å². The first kappa shape index (κ1) is 11.8. The van der Waals surface area contributed by atoms with E-state index in [1.54, 1.807) is 12.3 Å². The van der Waals surface area contributed by atoms with Crippen LogP contribution in [-0.4, -0.2) is 0 Å². The summed E-state index contributed by atoms with van der Waals surface area (Å²) in [4.78, 5) is 0. The van der Waals surface area contributed by atoms with E-state index in [-0.39, 0.29) is 0 Å². The summed E-state index contributed by atoms with van der Waals surface area (Å²) in [6.07, 6.45) is 4.41. The van der Waals surface area contributed by atoms with E-state index in [1.165, 1.54) is 5.56 Å². The van der Waals surface area contributed by atoms with Crippen LogP contribution in [0.5, 0.6) is 0 Å². The molecule has 0 saturated heterocycles. The van der Waals surface area contributed by atoms with Crippen molar-refractivity contribution in [2.45, 2.75) is 13.3 Å². The Labute approximate surface area is 95.4 Å². The molecule has 0 atom stereocenters. The predicted molar refractivity (Wildman–Crippen MR) is 66.3 cm³/mol. The number of aryl methyl sites for hydroxylation is 1. The lowest BCUT2D eigenvalue weighted by Gasteiger charge is -2.09. The number of nitrogens with one attached hydrogen (secondary N) is 1. The molecule has 15 heavy (non-hydrogen) atoms. The maximum atomic E-state index is 5.96. The standard InChI is InChI=1S/C12H15ClN2/c1-3-9-5-6-11(13)7-12(9)10(4-2)8-15-14/h4-8,15H,2-3,14H2,1H3/b10-8+. The molecule has 0 bridgehead atoms. The van der Waals surface area contributed by atoms with Crippen molar-refractivity contribution in [3.05, 3.63) is 53.2 Å². The van der Waals surface area contributed by atoms with Crippen molar-refractivity contribution in [2.75, 3.05) is 0 Å². The molecule has 3 heteroatoms. The Morgan fingerprint density at radius 1 is 1.60 bits per heavy atom. The third kappa shape index (κ3) is 2.85. The summed E-state index contributed by atoms with van der Waals surface area (Å²) < 4.78 is 0. The molecule has 0 spiro atoms. The van der Waals surface area contributed by atoms with Crippen molar-refractivity contribution < 1.29 is 0 Å². The quantitative estimate of drug-likeness (QED) is 0.467.